The first kappa shape index (κ1) is 14.1. The average Bonchev–Trinajstić information content (AvgIpc) is 2.36. The van der Waals surface area contributed by atoms with Crippen molar-refractivity contribution in [3.63, 3.8) is 0 Å². The molecule has 0 saturated carbocycles. The lowest BCUT2D eigenvalue weighted by Crippen LogP contribution is -2.35. The number of hydrogen-bond donors (Lipinski definition) is 2. The van der Waals surface area contributed by atoms with Crippen molar-refractivity contribution in [2.24, 2.45) is 0 Å². The third kappa shape index (κ3) is 3.79. The van der Waals surface area contributed by atoms with E-state index in [-0.39, 0.29) is 0 Å². The second kappa shape index (κ2) is 6.12. The van der Waals surface area contributed by atoms with Crippen LogP contribution in [0.4, 0.5) is 5.69 Å². The number of hydrogen-bond acceptors (Lipinski definition) is 3. The van der Waals surface area contributed by atoms with Gasteiger partial charge in [-0.05, 0) is 31.0 Å². The highest BCUT2D eigenvalue weighted by atomic mass is 35.5. The van der Waals surface area contributed by atoms with E-state index in [4.69, 9.17) is 16.3 Å². The second-order valence-corrected chi connectivity index (χ2v) is 4.57. The minimum atomic E-state index is -0.687. The van der Waals surface area contributed by atoms with Gasteiger partial charge < -0.3 is 15.2 Å². The standard InChI is InChI=1S/C13H20ClNO2/c1-4-13(16,5-2)9-15-11-8-10(14)6-7-12(11)17-3/h6-8,15-16H,4-5,9H2,1-3H3. The molecule has 1 aromatic rings. The van der Waals surface area contributed by atoms with Crippen LogP contribution in [0, 0.1) is 0 Å². The van der Waals surface area contributed by atoms with E-state index in [0.29, 0.717) is 24.4 Å². The van der Waals surface area contributed by atoms with Gasteiger partial charge in [0.1, 0.15) is 5.75 Å². The summed E-state index contributed by atoms with van der Waals surface area (Å²) in [5.74, 6) is 0.726. The fourth-order valence-electron chi connectivity index (χ4n) is 1.58. The van der Waals surface area contributed by atoms with Crippen LogP contribution >= 0.6 is 11.6 Å². The zero-order valence-electron chi connectivity index (χ0n) is 10.6. The van der Waals surface area contributed by atoms with Crippen molar-refractivity contribution in [1.82, 2.24) is 0 Å². The molecular weight excluding hydrogens is 238 g/mol. The number of halogens is 1. The predicted molar refractivity (Wildman–Crippen MR) is 72.0 cm³/mol. The molecule has 0 aromatic heterocycles. The summed E-state index contributed by atoms with van der Waals surface area (Å²) < 4.78 is 5.23. The monoisotopic (exact) mass is 257 g/mol. The molecule has 0 aliphatic carbocycles. The molecule has 96 valence electrons. The maximum Gasteiger partial charge on any atom is 0.142 e. The highest BCUT2D eigenvalue weighted by molar-refractivity contribution is 6.30. The summed E-state index contributed by atoms with van der Waals surface area (Å²) >= 11 is 5.93. The molecule has 0 saturated heterocycles. The lowest BCUT2D eigenvalue weighted by Gasteiger charge is -2.26. The van der Waals surface area contributed by atoms with E-state index in [9.17, 15) is 5.11 Å². The van der Waals surface area contributed by atoms with E-state index in [1.807, 2.05) is 19.9 Å². The molecule has 1 aromatic carbocycles. The van der Waals surface area contributed by atoms with Gasteiger partial charge in [0.15, 0.2) is 0 Å². The Morgan fingerprint density at radius 2 is 2.00 bits per heavy atom. The number of rotatable bonds is 6. The van der Waals surface area contributed by atoms with E-state index in [0.717, 1.165) is 11.4 Å². The van der Waals surface area contributed by atoms with Crippen LogP contribution < -0.4 is 10.1 Å². The first-order valence-electron chi connectivity index (χ1n) is 5.84. The Bertz CT molecular complexity index is 364. The second-order valence-electron chi connectivity index (χ2n) is 4.13. The number of ether oxygens (including phenoxy) is 1. The molecule has 3 nitrogen and oxygen atoms in total. The molecule has 17 heavy (non-hydrogen) atoms. The summed E-state index contributed by atoms with van der Waals surface area (Å²) in [4.78, 5) is 0. The third-order valence-corrected chi connectivity index (χ3v) is 3.32. The fraction of sp³-hybridized carbons (Fsp3) is 0.538. The van der Waals surface area contributed by atoms with Crippen LogP contribution in [-0.2, 0) is 0 Å². The summed E-state index contributed by atoms with van der Waals surface area (Å²) in [5.41, 5.74) is 0.119. The van der Waals surface area contributed by atoms with Crippen LogP contribution in [0.3, 0.4) is 0 Å². The zero-order chi connectivity index (χ0) is 12.9. The molecule has 0 aliphatic rings. The highest BCUT2D eigenvalue weighted by Gasteiger charge is 2.22. The Labute approximate surface area is 108 Å². The summed E-state index contributed by atoms with van der Waals surface area (Å²) in [5, 5.41) is 14.0. The van der Waals surface area contributed by atoms with Crippen molar-refractivity contribution in [2.45, 2.75) is 32.3 Å². The smallest absolute Gasteiger partial charge is 0.142 e. The summed E-state index contributed by atoms with van der Waals surface area (Å²) in [7, 11) is 1.61. The van der Waals surface area contributed by atoms with Crippen LogP contribution in [0.2, 0.25) is 5.02 Å². The fourth-order valence-corrected chi connectivity index (χ4v) is 1.75. The van der Waals surface area contributed by atoms with Crippen LogP contribution in [0.15, 0.2) is 18.2 Å². The molecule has 0 spiro atoms. The third-order valence-electron chi connectivity index (χ3n) is 3.09. The Kier molecular flexibility index (Phi) is 5.09. The maximum atomic E-state index is 10.2. The van der Waals surface area contributed by atoms with E-state index in [1.54, 1.807) is 19.2 Å². The molecule has 0 atom stereocenters. The minimum Gasteiger partial charge on any atom is -0.495 e. The van der Waals surface area contributed by atoms with Crippen molar-refractivity contribution in [1.29, 1.82) is 0 Å². The number of nitrogens with one attached hydrogen (secondary N) is 1. The Morgan fingerprint density at radius 3 is 2.53 bits per heavy atom. The molecule has 4 heteroatoms. The van der Waals surface area contributed by atoms with Gasteiger partial charge in [-0.1, -0.05) is 25.4 Å². The van der Waals surface area contributed by atoms with Crippen molar-refractivity contribution < 1.29 is 9.84 Å². The summed E-state index contributed by atoms with van der Waals surface area (Å²) in [6.07, 6.45) is 1.42. The van der Waals surface area contributed by atoms with Crippen molar-refractivity contribution in [2.75, 3.05) is 19.0 Å². The Hall–Kier alpha value is -0.930. The first-order chi connectivity index (χ1) is 8.04. The van der Waals surface area contributed by atoms with Crippen molar-refractivity contribution >= 4 is 17.3 Å². The SMILES string of the molecule is CCC(O)(CC)CNc1cc(Cl)ccc1OC. The van der Waals surface area contributed by atoms with E-state index >= 15 is 0 Å². The van der Waals surface area contributed by atoms with Gasteiger partial charge in [-0.3, -0.25) is 0 Å². The molecule has 0 bridgehead atoms. The molecule has 0 fully saturated rings. The number of methoxy groups -OCH3 is 1. The zero-order valence-corrected chi connectivity index (χ0v) is 11.3. The van der Waals surface area contributed by atoms with E-state index < -0.39 is 5.60 Å². The molecule has 1 rings (SSSR count). The van der Waals surface area contributed by atoms with Gasteiger partial charge in [-0.15, -0.1) is 0 Å². The molecule has 2 N–H and O–H groups in total. The van der Waals surface area contributed by atoms with Gasteiger partial charge in [0, 0.05) is 11.6 Å². The predicted octanol–water partition coefficient (Wildman–Crippen LogP) is 3.31. The van der Waals surface area contributed by atoms with Crippen molar-refractivity contribution in [3.05, 3.63) is 23.2 Å². The van der Waals surface area contributed by atoms with Gasteiger partial charge in [0.2, 0.25) is 0 Å². The van der Waals surface area contributed by atoms with Gasteiger partial charge >= 0.3 is 0 Å². The van der Waals surface area contributed by atoms with E-state index in [2.05, 4.69) is 5.32 Å². The Morgan fingerprint density at radius 1 is 1.35 bits per heavy atom. The average molecular weight is 258 g/mol. The quantitative estimate of drug-likeness (QED) is 0.822. The maximum absolute atomic E-state index is 10.2. The minimum absolute atomic E-state index is 0.483. The van der Waals surface area contributed by atoms with Crippen LogP contribution in [0.1, 0.15) is 26.7 Å². The summed E-state index contributed by atoms with van der Waals surface area (Å²) in [6.45, 7) is 4.43. The Balaban J connectivity index is 2.77. The molecule has 0 aliphatic heterocycles. The van der Waals surface area contributed by atoms with Crippen LogP contribution in [0.5, 0.6) is 5.75 Å². The van der Waals surface area contributed by atoms with Crippen LogP contribution in [0.25, 0.3) is 0 Å². The highest BCUT2D eigenvalue weighted by Crippen LogP contribution is 2.28. The van der Waals surface area contributed by atoms with Crippen molar-refractivity contribution in [3.8, 4) is 5.75 Å². The topological polar surface area (TPSA) is 41.5 Å². The molecule has 0 amide bonds. The van der Waals surface area contributed by atoms with E-state index in [1.165, 1.54) is 0 Å². The van der Waals surface area contributed by atoms with Crippen LogP contribution in [-0.4, -0.2) is 24.4 Å². The molecule has 0 unspecified atom stereocenters. The normalized spacial score (nSPS) is 11.4. The lowest BCUT2D eigenvalue weighted by atomic mass is 9.97. The summed E-state index contributed by atoms with van der Waals surface area (Å²) in [6, 6.07) is 5.38. The number of aliphatic hydroxyl groups is 1. The van der Waals surface area contributed by atoms with Gasteiger partial charge in [0.05, 0.1) is 18.4 Å². The van der Waals surface area contributed by atoms with Gasteiger partial charge in [0.25, 0.3) is 0 Å². The molecular formula is C13H20ClNO2. The number of benzene rings is 1. The van der Waals surface area contributed by atoms with Gasteiger partial charge in [-0.25, -0.2) is 0 Å². The lowest BCUT2D eigenvalue weighted by molar-refractivity contribution is 0.0457. The largest absolute Gasteiger partial charge is 0.495 e. The molecule has 0 heterocycles. The number of anilines is 1. The first-order valence-corrected chi connectivity index (χ1v) is 6.22. The van der Waals surface area contributed by atoms with Gasteiger partial charge in [-0.2, -0.15) is 0 Å². The molecule has 0 radical (unpaired) electrons.